The van der Waals surface area contributed by atoms with Gasteiger partial charge in [0.2, 0.25) is 5.91 Å². The summed E-state index contributed by atoms with van der Waals surface area (Å²) in [7, 11) is 0. The number of nitrogens with zero attached hydrogens (tertiary/aromatic N) is 1. The Morgan fingerprint density at radius 2 is 2.11 bits per heavy atom. The average Bonchev–Trinajstić information content (AvgIpc) is 2.80. The van der Waals surface area contributed by atoms with Gasteiger partial charge in [-0.2, -0.15) is 0 Å². The predicted molar refractivity (Wildman–Crippen MR) is 69.3 cm³/mol. The number of aliphatic carboxylic acids is 1. The van der Waals surface area contributed by atoms with Gasteiger partial charge in [0.25, 0.3) is 0 Å². The van der Waals surface area contributed by atoms with Gasteiger partial charge in [-0.3, -0.25) is 14.5 Å². The SMILES string of the molecule is CCCNC(=O)C(C)N1CCC(CC)(C(=O)O)C1. The van der Waals surface area contributed by atoms with Gasteiger partial charge in [0.15, 0.2) is 0 Å². The van der Waals surface area contributed by atoms with Crippen LogP contribution in [-0.2, 0) is 9.59 Å². The van der Waals surface area contributed by atoms with Crippen LogP contribution in [-0.4, -0.2) is 47.6 Å². The Labute approximate surface area is 109 Å². The first-order chi connectivity index (χ1) is 8.46. The highest BCUT2D eigenvalue weighted by Gasteiger charge is 2.45. The first-order valence-electron chi connectivity index (χ1n) is 6.72. The number of carbonyl (C=O) groups is 2. The number of likely N-dealkylation sites (tertiary alicyclic amines) is 1. The van der Waals surface area contributed by atoms with Crippen LogP contribution in [0.25, 0.3) is 0 Å². The number of amides is 1. The molecular formula is C13H24N2O3. The van der Waals surface area contributed by atoms with Crippen LogP contribution in [0.4, 0.5) is 0 Å². The molecule has 1 rings (SSSR count). The van der Waals surface area contributed by atoms with Crippen LogP contribution >= 0.6 is 0 Å². The fraction of sp³-hybridized carbons (Fsp3) is 0.846. The molecule has 1 heterocycles. The van der Waals surface area contributed by atoms with E-state index in [4.69, 9.17) is 0 Å². The van der Waals surface area contributed by atoms with Gasteiger partial charge in [-0.15, -0.1) is 0 Å². The average molecular weight is 256 g/mol. The zero-order valence-corrected chi connectivity index (χ0v) is 11.5. The van der Waals surface area contributed by atoms with Gasteiger partial charge in [0, 0.05) is 19.6 Å². The molecule has 5 nitrogen and oxygen atoms in total. The molecule has 1 aliphatic rings. The third-order valence-corrected chi connectivity index (χ3v) is 3.99. The minimum atomic E-state index is -0.742. The Balaban J connectivity index is 2.60. The fourth-order valence-corrected chi connectivity index (χ4v) is 2.41. The molecule has 2 atom stereocenters. The van der Waals surface area contributed by atoms with Crippen LogP contribution in [0.15, 0.2) is 0 Å². The molecule has 1 aliphatic heterocycles. The molecule has 2 unspecified atom stereocenters. The van der Waals surface area contributed by atoms with Crippen LogP contribution in [0.2, 0.25) is 0 Å². The van der Waals surface area contributed by atoms with Crippen molar-refractivity contribution in [1.82, 2.24) is 10.2 Å². The molecule has 0 saturated carbocycles. The van der Waals surface area contributed by atoms with Crippen molar-refractivity contribution in [1.29, 1.82) is 0 Å². The topological polar surface area (TPSA) is 69.6 Å². The summed E-state index contributed by atoms with van der Waals surface area (Å²) in [6, 6.07) is -0.246. The Bertz CT molecular complexity index is 319. The van der Waals surface area contributed by atoms with E-state index in [1.165, 1.54) is 0 Å². The van der Waals surface area contributed by atoms with E-state index < -0.39 is 11.4 Å². The monoisotopic (exact) mass is 256 g/mol. The minimum Gasteiger partial charge on any atom is -0.481 e. The lowest BCUT2D eigenvalue weighted by Gasteiger charge is -2.26. The Hall–Kier alpha value is -1.10. The number of rotatable bonds is 6. The molecule has 18 heavy (non-hydrogen) atoms. The lowest BCUT2D eigenvalue weighted by atomic mass is 9.84. The molecule has 0 aromatic rings. The van der Waals surface area contributed by atoms with Gasteiger partial charge in [0.05, 0.1) is 11.5 Å². The number of nitrogens with one attached hydrogen (secondary N) is 1. The Morgan fingerprint density at radius 3 is 2.56 bits per heavy atom. The normalized spacial score (nSPS) is 25.9. The predicted octanol–water partition coefficient (Wildman–Crippen LogP) is 1.09. The van der Waals surface area contributed by atoms with Crippen LogP contribution in [0.5, 0.6) is 0 Å². The van der Waals surface area contributed by atoms with Crippen molar-refractivity contribution in [3.05, 3.63) is 0 Å². The number of carboxylic acids is 1. The van der Waals surface area contributed by atoms with Gasteiger partial charge >= 0.3 is 5.97 Å². The smallest absolute Gasteiger partial charge is 0.310 e. The van der Waals surface area contributed by atoms with Gasteiger partial charge in [-0.1, -0.05) is 13.8 Å². The van der Waals surface area contributed by atoms with Gasteiger partial charge in [0.1, 0.15) is 0 Å². The molecule has 5 heteroatoms. The van der Waals surface area contributed by atoms with Crippen molar-refractivity contribution in [3.8, 4) is 0 Å². The summed E-state index contributed by atoms with van der Waals surface area (Å²) in [4.78, 5) is 25.2. The summed E-state index contributed by atoms with van der Waals surface area (Å²) in [6.45, 7) is 7.58. The second-order valence-electron chi connectivity index (χ2n) is 5.13. The van der Waals surface area contributed by atoms with Crippen molar-refractivity contribution >= 4 is 11.9 Å². The highest BCUT2D eigenvalue weighted by molar-refractivity contribution is 5.81. The number of carbonyl (C=O) groups excluding carboxylic acids is 1. The van der Waals surface area contributed by atoms with Gasteiger partial charge < -0.3 is 10.4 Å². The lowest BCUT2D eigenvalue weighted by molar-refractivity contribution is -0.148. The maximum atomic E-state index is 11.9. The van der Waals surface area contributed by atoms with Crippen molar-refractivity contribution in [2.24, 2.45) is 5.41 Å². The van der Waals surface area contributed by atoms with Gasteiger partial charge in [-0.25, -0.2) is 0 Å². The van der Waals surface area contributed by atoms with Crippen molar-refractivity contribution in [3.63, 3.8) is 0 Å². The van der Waals surface area contributed by atoms with E-state index in [1.54, 1.807) is 0 Å². The largest absolute Gasteiger partial charge is 0.481 e. The molecule has 1 amide bonds. The van der Waals surface area contributed by atoms with Crippen LogP contribution in [0.3, 0.4) is 0 Å². The quantitative estimate of drug-likeness (QED) is 0.746. The highest BCUT2D eigenvalue weighted by atomic mass is 16.4. The zero-order valence-electron chi connectivity index (χ0n) is 11.5. The van der Waals surface area contributed by atoms with Crippen LogP contribution < -0.4 is 5.32 Å². The van der Waals surface area contributed by atoms with Crippen LogP contribution in [0.1, 0.15) is 40.0 Å². The molecule has 0 aromatic carbocycles. The number of carboxylic acid groups (broad SMARTS) is 1. The standard InChI is InChI=1S/C13H24N2O3/c1-4-7-14-11(16)10(3)15-8-6-13(5-2,9-15)12(17)18/h10H,4-9H2,1-3H3,(H,14,16)(H,17,18). The number of hydrogen-bond donors (Lipinski definition) is 2. The van der Waals surface area contributed by atoms with E-state index in [0.717, 1.165) is 6.42 Å². The van der Waals surface area contributed by atoms with E-state index in [-0.39, 0.29) is 11.9 Å². The van der Waals surface area contributed by atoms with Crippen LogP contribution in [0, 0.1) is 5.41 Å². The van der Waals surface area contributed by atoms with E-state index in [2.05, 4.69) is 5.32 Å². The molecule has 0 aliphatic carbocycles. The third kappa shape index (κ3) is 3.02. The van der Waals surface area contributed by atoms with E-state index >= 15 is 0 Å². The maximum Gasteiger partial charge on any atom is 0.310 e. The molecule has 2 N–H and O–H groups in total. The summed E-state index contributed by atoms with van der Waals surface area (Å²) in [5.41, 5.74) is -0.667. The minimum absolute atomic E-state index is 0.00542. The van der Waals surface area contributed by atoms with E-state index in [9.17, 15) is 14.7 Å². The first kappa shape index (κ1) is 15.0. The molecule has 0 spiro atoms. The molecule has 0 bridgehead atoms. The zero-order chi connectivity index (χ0) is 13.8. The molecule has 0 aromatic heterocycles. The van der Waals surface area contributed by atoms with Gasteiger partial charge in [-0.05, 0) is 26.2 Å². The molecule has 0 radical (unpaired) electrons. The Morgan fingerprint density at radius 1 is 1.44 bits per heavy atom. The second kappa shape index (κ2) is 6.18. The second-order valence-corrected chi connectivity index (χ2v) is 5.13. The molecule has 1 saturated heterocycles. The van der Waals surface area contributed by atoms with E-state index in [0.29, 0.717) is 32.5 Å². The summed E-state index contributed by atoms with van der Waals surface area (Å²) < 4.78 is 0. The molecular weight excluding hydrogens is 232 g/mol. The Kier molecular flexibility index (Phi) is 5.14. The molecule has 1 fully saturated rings. The fourth-order valence-electron chi connectivity index (χ4n) is 2.41. The van der Waals surface area contributed by atoms with Crippen molar-refractivity contribution in [2.75, 3.05) is 19.6 Å². The maximum absolute atomic E-state index is 11.9. The summed E-state index contributed by atoms with van der Waals surface area (Å²) in [5.74, 6) is -0.747. The molecule has 104 valence electrons. The van der Waals surface area contributed by atoms with Crippen molar-refractivity contribution in [2.45, 2.75) is 46.1 Å². The van der Waals surface area contributed by atoms with Crippen molar-refractivity contribution < 1.29 is 14.7 Å². The first-order valence-corrected chi connectivity index (χ1v) is 6.72. The number of hydrogen-bond acceptors (Lipinski definition) is 3. The summed E-state index contributed by atoms with van der Waals surface area (Å²) in [6.07, 6.45) is 2.15. The summed E-state index contributed by atoms with van der Waals surface area (Å²) >= 11 is 0. The van der Waals surface area contributed by atoms with E-state index in [1.807, 2.05) is 25.7 Å². The highest BCUT2D eigenvalue weighted by Crippen LogP contribution is 2.35. The third-order valence-electron chi connectivity index (χ3n) is 3.99. The lowest BCUT2D eigenvalue weighted by Crippen LogP contribution is -2.45. The summed E-state index contributed by atoms with van der Waals surface area (Å²) in [5, 5.41) is 12.2.